The molecule has 1 heteroatoms. The molecule has 2 saturated carbocycles. The van der Waals surface area contributed by atoms with Gasteiger partial charge in [0.1, 0.15) is 5.75 Å². The molecule has 0 saturated heterocycles. The van der Waals surface area contributed by atoms with E-state index in [0.29, 0.717) is 22.5 Å². The molecule has 0 amide bonds. The van der Waals surface area contributed by atoms with Gasteiger partial charge in [-0.2, -0.15) is 0 Å². The number of phenolic OH excluding ortho intramolecular Hbond substituents is 1. The number of rotatable bonds is 1. The monoisotopic (exact) mass is 230 g/mol. The predicted octanol–water partition coefficient (Wildman–Crippen LogP) is 4.32. The van der Waals surface area contributed by atoms with Gasteiger partial charge in [0, 0.05) is 0 Å². The summed E-state index contributed by atoms with van der Waals surface area (Å²) in [6, 6.07) is 7.90. The lowest BCUT2D eigenvalue weighted by Gasteiger charge is -2.39. The summed E-state index contributed by atoms with van der Waals surface area (Å²) in [7, 11) is 0. The third-order valence-corrected chi connectivity index (χ3v) is 6.07. The van der Waals surface area contributed by atoms with Gasteiger partial charge in [-0.1, -0.05) is 32.9 Å². The smallest absolute Gasteiger partial charge is 0.115 e. The Morgan fingerprint density at radius 3 is 2.53 bits per heavy atom. The molecule has 1 N–H and O–H groups in total. The Bertz CT molecular complexity index is 449. The molecule has 3 rings (SSSR count). The van der Waals surface area contributed by atoms with E-state index in [-0.39, 0.29) is 0 Å². The van der Waals surface area contributed by atoms with Crippen LogP contribution >= 0.6 is 0 Å². The molecule has 0 spiro atoms. The summed E-state index contributed by atoms with van der Waals surface area (Å²) in [4.78, 5) is 0. The molecule has 0 aliphatic heterocycles. The first kappa shape index (κ1) is 11.1. The summed E-state index contributed by atoms with van der Waals surface area (Å²) in [6.45, 7) is 7.33. The van der Waals surface area contributed by atoms with Crippen LogP contribution in [0.5, 0.6) is 5.75 Å². The van der Waals surface area contributed by atoms with E-state index < -0.39 is 0 Å². The maximum atomic E-state index is 9.66. The van der Waals surface area contributed by atoms with E-state index in [9.17, 15) is 5.11 Å². The summed E-state index contributed by atoms with van der Waals surface area (Å²) in [5, 5.41) is 9.66. The average molecular weight is 230 g/mol. The Morgan fingerprint density at radius 1 is 1.24 bits per heavy atom. The van der Waals surface area contributed by atoms with Crippen LogP contribution in [-0.4, -0.2) is 5.11 Å². The minimum absolute atomic E-state index is 0.408. The second kappa shape index (κ2) is 3.28. The molecule has 0 radical (unpaired) electrons. The topological polar surface area (TPSA) is 20.2 Å². The van der Waals surface area contributed by atoms with Gasteiger partial charge in [-0.3, -0.25) is 0 Å². The molecule has 1 aromatic rings. The molecule has 0 heterocycles. The molecule has 3 unspecified atom stereocenters. The summed E-state index contributed by atoms with van der Waals surface area (Å²) in [5.74, 6) is 1.90. The van der Waals surface area contributed by atoms with Crippen LogP contribution in [0.4, 0.5) is 0 Å². The number of phenols is 1. The second-order valence-electron chi connectivity index (χ2n) is 6.76. The van der Waals surface area contributed by atoms with Crippen molar-refractivity contribution in [3.63, 3.8) is 0 Å². The molecule has 2 aliphatic carbocycles. The van der Waals surface area contributed by atoms with Crippen LogP contribution < -0.4 is 0 Å². The van der Waals surface area contributed by atoms with E-state index in [1.54, 1.807) is 6.07 Å². The Kier molecular flexibility index (Phi) is 2.14. The zero-order chi connectivity index (χ0) is 12.3. The van der Waals surface area contributed by atoms with Crippen molar-refractivity contribution in [2.24, 2.45) is 16.7 Å². The van der Waals surface area contributed by atoms with E-state index >= 15 is 0 Å². The molecule has 17 heavy (non-hydrogen) atoms. The first-order chi connectivity index (χ1) is 7.95. The number of hydrogen-bond acceptors (Lipinski definition) is 1. The first-order valence-corrected chi connectivity index (χ1v) is 6.74. The van der Waals surface area contributed by atoms with Gasteiger partial charge in [0.05, 0.1) is 0 Å². The quantitative estimate of drug-likeness (QED) is 0.761. The molecule has 92 valence electrons. The van der Waals surface area contributed by atoms with Gasteiger partial charge >= 0.3 is 0 Å². The zero-order valence-electron chi connectivity index (χ0n) is 11.0. The number of aromatic hydroxyl groups is 1. The highest BCUT2D eigenvalue weighted by molar-refractivity contribution is 5.34. The fourth-order valence-electron chi connectivity index (χ4n) is 4.45. The lowest BCUT2D eigenvalue weighted by molar-refractivity contribution is 0.134. The van der Waals surface area contributed by atoms with Gasteiger partial charge in [0.2, 0.25) is 0 Å². The second-order valence-corrected chi connectivity index (χ2v) is 6.76. The predicted molar refractivity (Wildman–Crippen MR) is 70.1 cm³/mol. The zero-order valence-corrected chi connectivity index (χ0v) is 11.0. The number of fused-ring (bicyclic) bond motifs is 2. The van der Waals surface area contributed by atoms with Gasteiger partial charge in [0.15, 0.2) is 0 Å². The number of hydrogen-bond donors (Lipinski definition) is 1. The van der Waals surface area contributed by atoms with Crippen LogP contribution in [0.1, 0.15) is 51.5 Å². The summed E-state index contributed by atoms with van der Waals surface area (Å²) in [6.07, 6.45) is 4.02. The van der Waals surface area contributed by atoms with E-state index in [4.69, 9.17) is 0 Å². The van der Waals surface area contributed by atoms with Crippen molar-refractivity contribution in [1.82, 2.24) is 0 Å². The van der Waals surface area contributed by atoms with Crippen LogP contribution in [0.3, 0.4) is 0 Å². The van der Waals surface area contributed by atoms with E-state index in [1.807, 2.05) is 12.1 Å². The van der Waals surface area contributed by atoms with Crippen LogP contribution in [0.2, 0.25) is 0 Å². The Balaban J connectivity index is 2.02. The molecule has 1 aromatic carbocycles. The molecule has 1 nitrogen and oxygen atoms in total. The standard InChI is InChI=1S/C16H22O/c1-15(2)12-7-8-16(15,3)14(10-12)11-5-4-6-13(17)9-11/h4-6,9,12,14,17H,7-8,10H2,1-3H3. The van der Waals surface area contributed by atoms with Crippen LogP contribution in [-0.2, 0) is 0 Å². The minimum Gasteiger partial charge on any atom is -0.508 e. The lowest BCUT2D eigenvalue weighted by Crippen LogP contribution is -2.31. The van der Waals surface area contributed by atoms with Gasteiger partial charge < -0.3 is 5.11 Å². The lowest BCUT2D eigenvalue weighted by atomic mass is 9.65. The van der Waals surface area contributed by atoms with Crippen molar-refractivity contribution in [3.05, 3.63) is 29.8 Å². The SMILES string of the molecule is CC1(C)C2CCC1(C)C(c1cccc(O)c1)C2. The number of benzene rings is 1. The highest BCUT2D eigenvalue weighted by Crippen LogP contribution is 2.70. The third-order valence-electron chi connectivity index (χ3n) is 6.07. The van der Waals surface area contributed by atoms with Crippen molar-refractivity contribution in [2.75, 3.05) is 0 Å². The fourth-order valence-corrected chi connectivity index (χ4v) is 4.45. The van der Waals surface area contributed by atoms with Crippen molar-refractivity contribution in [3.8, 4) is 5.75 Å². The van der Waals surface area contributed by atoms with Gasteiger partial charge in [-0.25, -0.2) is 0 Å². The minimum atomic E-state index is 0.408. The van der Waals surface area contributed by atoms with Gasteiger partial charge in [-0.15, -0.1) is 0 Å². The largest absolute Gasteiger partial charge is 0.508 e. The fraction of sp³-hybridized carbons (Fsp3) is 0.625. The molecule has 0 aromatic heterocycles. The van der Waals surface area contributed by atoms with E-state index in [1.165, 1.54) is 24.8 Å². The Hall–Kier alpha value is -0.980. The molecule has 2 fully saturated rings. The highest BCUT2D eigenvalue weighted by atomic mass is 16.3. The third kappa shape index (κ3) is 1.31. The van der Waals surface area contributed by atoms with E-state index in [2.05, 4.69) is 26.8 Å². The summed E-state index contributed by atoms with van der Waals surface area (Å²) in [5.41, 5.74) is 2.19. The van der Waals surface area contributed by atoms with Crippen LogP contribution in [0.25, 0.3) is 0 Å². The first-order valence-electron chi connectivity index (χ1n) is 6.74. The van der Waals surface area contributed by atoms with Crippen molar-refractivity contribution in [1.29, 1.82) is 0 Å². The molecule has 2 bridgehead atoms. The maximum absolute atomic E-state index is 9.66. The summed E-state index contributed by atoms with van der Waals surface area (Å²) >= 11 is 0. The molecule has 2 aliphatic rings. The van der Waals surface area contributed by atoms with Crippen molar-refractivity contribution < 1.29 is 5.11 Å². The Morgan fingerprint density at radius 2 is 2.00 bits per heavy atom. The van der Waals surface area contributed by atoms with Crippen molar-refractivity contribution in [2.45, 2.75) is 46.0 Å². The summed E-state index contributed by atoms with van der Waals surface area (Å²) < 4.78 is 0. The van der Waals surface area contributed by atoms with Crippen LogP contribution in [0.15, 0.2) is 24.3 Å². The van der Waals surface area contributed by atoms with Crippen molar-refractivity contribution >= 4 is 0 Å². The Labute approximate surface area is 104 Å². The normalized spacial score (nSPS) is 38.5. The van der Waals surface area contributed by atoms with Gasteiger partial charge in [-0.05, 0) is 59.6 Å². The van der Waals surface area contributed by atoms with Crippen LogP contribution in [0, 0.1) is 16.7 Å². The van der Waals surface area contributed by atoms with Gasteiger partial charge in [0.25, 0.3) is 0 Å². The molecular formula is C16H22O. The highest BCUT2D eigenvalue weighted by Gasteiger charge is 2.61. The molecule has 3 atom stereocenters. The average Bonchev–Trinajstić information content (AvgIpc) is 2.61. The van der Waals surface area contributed by atoms with E-state index in [0.717, 1.165) is 5.92 Å². The maximum Gasteiger partial charge on any atom is 0.115 e. The molecular weight excluding hydrogens is 208 g/mol.